The lowest BCUT2D eigenvalue weighted by Gasteiger charge is -2.22. The number of rotatable bonds is 9. The van der Waals surface area contributed by atoms with Crippen molar-refractivity contribution in [1.29, 1.82) is 0 Å². The van der Waals surface area contributed by atoms with Crippen LogP contribution in [0.15, 0.2) is 35.3 Å². The molecule has 1 aromatic rings. The molecule has 3 N–H and O–H groups in total. The Balaban J connectivity index is 1.52. The molecule has 0 spiro atoms. The van der Waals surface area contributed by atoms with Gasteiger partial charge < -0.3 is 20.7 Å². The zero-order valence-corrected chi connectivity index (χ0v) is 15.8. The molecule has 1 fully saturated rings. The van der Waals surface area contributed by atoms with Crippen molar-refractivity contribution in [3.05, 3.63) is 35.9 Å². The van der Waals surface area contributed by atoms with E-state index in [1.165, 1.54) is 32.1 Å². The summed E-state index contributed by atoms with van der Waals surface area (Å²) in [6.45, 7) is 2.28. The summed E-state index contributed by atoms with van der Waals surface area (Å²) in [5.74, 6) is 0.579. The molecule has 0 saturated heterocycles. The highest BCUT2D eigenvalue weighted by Gasteiger charge is 2.13. The van der Waals surface area contributed by atoms with Crippen molar-refractivity contribution < 1.29 is 9.53 Å². The van der Waals surface area contributed by atoms with Gasteiger partial charge in [-0.05, 0) is 24.8 Å². The summed E-state index contributed by atoms with van der Waals surface area (Å²) in [6.07, 6.45) is 7.73. The fourth-order valence-electron chi connectivity index (χ4n) is 3.00. The van der Waals surface area contributed by atoms with E-state index in [1.807, 2.05) is 30.3 Å². The van der Waals surface area contributed by atoms with Crippen LogP contribution in [0.5, 0.6) is 0 Å². The molecule has 6 nitrogen and oxygen atoms in total. The van der Waals surface area contributed by atoms with Crippen LogP contribution in [0, 0.1) is 0 Å². The number of hydrogen-bond donors (Lipinski definition) is 3. The summed E-state index contributed by atoms with van der Waals surface area (Å²) in [5, 5.41) is 9.13. The zero-order chi connectivity index (χ0) is 18.5. The molecule has 0 aliphatic heterocycles. The standard InChI is InChI=1S/C20H32N4O2/c1-21-20(22-13-8-14-26-18-11-6-3-7-12-18)24-16-19(25)23-15-17-9-4-2-5-10-17/h2,4-5,9-10,18H,3,6-8,11-16H2,1H3,(H,23,25)(H2,21,22,24). The summed E-state index contributed by atoms with van der Waals surface area (Å²) >= 11 is 0. The summed E-state index contributed by atoms with van der Waals surface area (Å²) in [6, 6.07) is 9.86. The normalized spacial score (nSPS) is 15.5. The molecule has 0 atom stereocenters. The number of carbonyl (C=O) groups is 1. The third-order valence-electron chi connectivity index (χ3n) is 4.49. The van der Waals surface area contributed by atoms with Gasteiger partial charge in [-0.1, -0.05) is 49.6 Å². The molecular weight excluding hydrogens is 328 g/mol. The Kier molecular flexibility index (Phi) is 9.57. The van der Waals surface area contributed by atoms with Gasteiger partial charge in [0.15, 0.2) is 5.96 Å². The van der Waals surface area contributed by atoms with Crippen molar-refractivity contribution in [2.45, 2.75) is 51.2 Å². The van der Waals surface area contributed by atoms with E-state index in [1.54, 1.807) is 7.05 Å². The second-order valence-electron chi connectivity index (χ2n) is 6.60. The first-order valence-corrected chi connectivity index (χ1v) is 9.64. The second-order valence-corrected chi connectivity index (χ2v) is 6.60. The number of amides is 1. The molecule has 26 heavy (non-hydrogen) atoms. The lowest BCUT2D eigenvalue weighted by molar-refractivity contribution is -0.120. The van der Waals surface area contributed by atoms with E-state index in [9.17, 15) is 4.79 Å². The first kappa shape index (κ1) is 20.2. The van der Waals surface area contributed by atoms with Gasteiger partial charge in [0, 0.05) is 26.7 Å². The summed E-state index contributed by atoms with van der Waals surface area (Å²) in [7, 11) is 1.70. The van der Waals surface area contributed by atoms with Gasteiger partial charge in [0.2, 0.25) is 5.91 Å². The van der Waals surface area contributed by atoms with Gasteiger partial charge in [-0.15, -0.1) is 0 Å². The Hall–Kier alpha value is -2.08. The molecule has 6 heteroatoms. The predicted molar refractivity (Wildman–Crippen MR) is 105 cm³/mol. The molecule has 1 aliphatic rings. The lowest BCUT2D eigenvalue weighted by Crippen LogP contribution is -2.43. The van der Waals surface area contributed by atoms with E-state index in [-0.39, 0.29) is 12.5 Å². The highest BCUT2D eigenvalue weighted by Crippen LogP contribution is 2.20. The van der Waals surface area contributed by atoms with Crippen LogP contribution in [0.25, 0.3) is 0 Å². The molecule has 0 radical (unpaired) electrons. The van der Waals surface area contributed by atoms with Gasteiger partial charge in [-0.2, -0.15) is 0 Å². The molecule has 1 saturated carbocycles. The number of guanidine groups is 1. The number of ether oxygens (including phenoxy) is 1. The van der Waals surface area contributed by atoms with Crippen LogP contribution in [0.3, 0.4) is 0 Å². The Morgan fingerprint density at radius 2 is 1.88 bits per heavy atom. The first-order chi connectivity index (χ1) is 12.8. The maximum atomic E-state index is 11.9. The molecular formula is C20H32N4O2. The minimum absolute atomic E-state index is 0.0579. The summed E-state index contributed by atoms with van der Waals surface area (Å²) in [4.78, 5) is 16.1. The number of carbonyl (C=O) groups excluding carboxylic acids is 1. The quantitative estimate of drug-likeness (QED) is 0.359. The van der Waals surface area contributed by atoms with Crippen LogP contribution in [-0.4, -0.2) is 44.7 Å². The Bertz CT molecular complexity index is 542. The largest absolute Gasteiger partial charge is 0.378 e. The van der Waals surface area contributed by atoms with Gasteiger partial charge >= 0.3 is 0 Å². The number of aliphatic imine (C=N–C) groups is 1. The third-order valence-corrected chi connectivity index (χ3v) is 4.49. The lowest BCUT2D eigenvalue weighted by atomic mass is 9.98. The van der Waals surface area contributed by atoms with Gasteiger partial charge in [-0.3, -0.25) is 9.79 Å². The van der Waals surface area contributed by atoms with Crippen molar-refractivity contribution in [3.63, 3.8) is 0 Å². The fraction of sp³-hybridized carbons (Fsp3) is 0.600. The predicted octanol–water partition coefficient (Wildman–Crippen LogP) is 2.21. The van der Waals surface area contributed by atoms with Crippen molar-refractivity contribution >= 4 is 11.9 Å². The molecule has 0 aromatic heterocycles. The molecule has 0 unspecified atom stereocenters. The van der Waals surface area contributed by atoms with Crippen LogP contribution < -0.4 is 16.0 Å². The minimum atomic E-state index is -0.0579. The van der Waals surface area contributed by atoms with E-state index in [0.29, 0.717) is 18.6 Å². The summed E-state index contributed by atoms with van der Waals surface area (Å²) < 4.78 is 5.91. The van der Waals surface area contributed by atoms with E-state index >= 15 is 0 Å². The van der Waals surface area contributed by atoms with Crippen molar-refractivity contribution in [3.8, 4) is 0 Å². The Labute approximate surface area is 156 Å². The van der Waals surface area contributed by atoms with E-state index < -0.39 is 0 Å². The average Bonchev–Trinajstić information content (AvgIpc) is 2.70. The van der Waals surface area contributed by atoms with Gasteiger partial charge in [-0.25, -0.2) is 0 Å². The van der Waals surface area contributed by atoms with Crippen LogP contribution >= 0.6 is 0 Å². The van der Waals surface area contributed by atoms with Crippen molar-refractivity contribution in [2.24, 2.45) is 4.99 Å². The fourth-order valence-corrected chi connectivity index (χ4v) is 3.00. The highest BCUT2D eigenvalue weighted by molar-refractivity contribution is 5.86. The maximum Gasteiger partial charge on any atom is 0.239 e. The van der Waals surface area contributed by atoms with E-state index in [2.05, 4.69) is 20.9 Å². The second kappa shape index (κ2) is 12.3. The monoisotopic (exact) mass is 360 g/mol. The maximum absolute atomic E-state index is 11.9. The smallest absolute Gasteiger partial charge is 0.239 e. The van der Waals surface area contributed by atoms with Gasteiger partial charge in [0.25, 0.3) is 0 Å². The van der Waals surface area contributed by atoms with E-state index in [4.69, 9.17) is 4.74 Å². The first-order valence-electron chi connectivity index (χ1n) is 9.64. The summed E-state index contributed by atoms with van der Waals surface area (Å²) in [5.41, 5.74) is 1.08. The molecule has 0 heterocycles. The van der Waals surface area contributed by atoms with Crippen molar-refractivity contribution in [2.75, 3.05) is 26.7 Å². The zero-order valence-electron chi connectivity index (χ0n) is 15.8. The van der Waals surface area contributed by atoms with Gasteiger partial charge in [0.05, 0.1) is 12.6 Å². The number of benzene rings is 1. The van der Waals surface area contributed by atoms with Crippen LogP contribution in [0.4, 0.5) is 0 Å². The average molecular weight is 361 g/mol. The molecule has 1 aliphatic carbocycles. The molecule has 1 aromatic carbocycles. The molecule has 1 amide bonds. The van der Waals surface area contributed by atoms with Crippen LogP contribution in [-0.2, 0) is 16.1 Å². The van der Waals surface area contributed by atoms with E-state index in [0.717, 1.165) is 25.1 Å². The Morgan fingerprint density at radius 3 is 2.62 bits per heavy atom. The van der Waals surface area contributed by atoms with Gasteiger partial charge in [0.1, 0.15) is 0 Å². The number of hydrogen-bond acceptors (Lipinski definition) is 3. The third kappa shape index (κ3) is 8.34. The van der Waals surface area contributed by atoms with Crippen LogP contribution in [0.2, 0.25) is 0 Å². The molecule has 0 bridgehead atoms. The highest BCUT2D eigenvalue weighted by atomic mass is 16.5. The number of nitrogens with zero attached hydrogens (tertiary/aromatic N) is 1. The van der Waals surface area contributed by atoms with Crippen molar-refractivity contribution in [1.82, 2.24) is 16.0 Å². The molecule has 144 valence electrons. The SMILES string of the molecule is CN=C(NCCCOC1CCCCC1)NCC(=O)NCc1ccccc1. The minimum Gasteiger partial charge on any atom is -0.378 e. The van der Waals surface area contributed by atoms with Crippen LogP contribution in [0.1, 0.15) is 44.1 Å². The topological polar surface area (TPSA) is 74.8 Å². The molecule has 2 rings (SSSR count). The number of nitrogens with one attached hydrogen (secondary N) is 3. The Morgan fingerprint density at radius 1 is 1.12 bits per heavy atom.